The van der Waals surface area contributed by atoms with Crippen LogP contribution in [-0.4, -0.2) is 36.0 Å². The van der Waals surface area contributed by atoms with Gasteiger partial charge in [0.25, 0.3) is 0 Å². The van der Waals surface area contributed by atoms with Crippen molar-refractivity contribution >= 4 is 15.9 Å². The summed E-state index contributed by atoms with van der Waals surface area (Å²) in [6.07, 6.45) is 0. The van der Waals surface area contributed by atoms with Gasteiger partial charge in [0, 0.05) is 37.2 Å². The van der Waals surface area contributed by atoms with E-state index in [9.17, 15) is 0 Å². The third-order valence-electron chi connectivity index (χ3n) is 5.32. The van der Waals surface area contributed by atoms with E-state index in [0.717, 1.165) is 37.2 Å². The molecular formula is C24H25BrN2. The van der Waals surface area contributed by atoms with Gasteiger partial charge in [-0.25, -0.2) is 0 Å². The van der Waals surface area contributed by atoms with Crippen LogP contribution in [0.3, 0.4) is 0 Å². The molecule has 27 heavy (non-hydrogen) atoms. The van der Waals surface area contributed by atoms with E-state index in [0.29, 0.717) is 6.04 Å². The molecule has 4 rings (SSSR count). The lowest BCUT2D eigenvalue weighted by molar-refractivity contribution is 0.105. The van der Waals surface area contributed by atoms with Crippen molar-refractivity contribution in [3.05, 3.63) is 106 Å². The maximum Gasteiger partial charge on any atom is 0.0602 e. The molecule has 3 aromatic carbocycles. The van der Waals surface area contributed by atoms with Gasteiger partial charge in [0.1, 0.15) is 0 Å². The molecule has 1 saturated heterocycles. The Morgan fingerprint density at radius 2 is 1.22 bits per heavy atom. The summed E-state index contributed by atoms with van der Waals surface area (Å²) in [4.78, 5) is 5.19. The van der Waals surface area contributed by atoms with Crippen molar-refractivity contribution in [3.63, 3.8) is 0 Å². The molecule has 0 aromatic heterocycles. The molecule has 138 valence electrons. The van der Waals surface area contributed by atoms with Gasteiger partial charge in [-0.1, -0.05) is 88.7 Å². The van der Waals surface area contributed by atoms with Crippen molar-refractivity contribution in [1.82, 2.24) is 9.80 Å². The Morgan fingerprint density at radius 1 is 0.667 bits per heavy atom. The summed E-state index contributed by atoms with van der Waals surface area (Å²) in [5, 5.41) is 0. The fraction of sp³-hybridized carbons (Fsp3) is 0.250. The SMILES string of the molecule is Brc1ccc([C@@H](c2ccccc2)N2CCN(Cc3ccccc3)CC2)cc1. The molecule has 1 heterocycles. The standard InChI is InChI=1S/C24H25BrN2/c25-23-13-11-22(12-14-23)24(21-9-5-2-6-10-21)27-17-15-26(16-18-27)19-20-7-3-1-4-8-20/h1-14,24H,15-19H2/t24-/m1/s1. The number of nitrogens with zero attached hydrogens (tertiary/aromatic N) is 2. The second-order valence-corrected chi connectivity index (χ2v) is 8.08. The average molecular weight is 421 g/mol. The van der Waals surface area contributed by atoms with Gasteiger partial charge in [0.15, 0.2) is 0 Å². The highest BCUT2D eigenvalue weighted by Gasteiger charge is 2.26. The van der Waals surface area contributed by atoms with Gasteiger partial charge in [-0.05, 0) is 28.8 Å². The highest BCUT2D eigenvalue weighted by Crippen LogP contribution is 2.30. The first kappa shape index (κ1) is 18.4. The molecular weight excluding hydrogens is 396 g/mol. The van der Waals surface area contributed by atoms with Crippen molar-refractivity contribution in [2.45, 2.75) is 12.6 Å². The third-order valence-corrected chi connectivity index (χ3v) is 5.85. The van der Waals surface area contributed by atoms with Crippen molar-refractivity contribution in [1.29, 1.82) is 0 Å². The summed E-state index contributed by atoms with van der Waals surface area (Å²) in [7, 11) is 0. The van der Waals surface area contributed by atoms with Gasteiger partial charge in [0.2, 0.25) is 0 Å². The van der Waals surface area contributed by atoms with Crippen molar-refractivity contribution in [2.75, 3.05) is 26.2 Å². The van der Waals surface area contributed by atoms with Crippen LogP contribution in [0.2, 0.25) is 0 Å². The quantitative estimate of drug-likeness (QED) is 0.548. The summed E-state index contributed by atoms with van der Waals surface area (Å²) in [6.45, 7) is 5.43. The first-order valence-corrected chi connectivity index (χ1v) is 10.4. The van der Waals surface area contributed by atoms with Crippen molar-refractivity contribution in [3.8, 4) is 0 Å². The number of piperazine rings is 1. The van der Waals surface area contributed by atoms with Crippen LogP contribution in [0.25, 0.3) is 0 Å². The fourth-order valence-corrected chi connectivity index (χ4v) is 4.18. The zero-order valence-electron chi connectivity index (χ0n) is 15.5. The van der Waals surface area contributed by atoms with Crippen LogP contribution in [0.1, 0.15) is 22.7 Å². The Balaban J connectivity index is 1.49. The summed E-state index contributed by atoms with van der Waals surface area (Å²) in [5.74, 6) is 0. The van der Waals surface area contributed by atoms with Crippen LogP contribution in [0.15, 0.2) is 89.4 Å². The maximum absolute atomic E-state index is 3.57. The fourth-order valence-electron chi connectivity index (χ4n) is 3.92. The lowest BCUT2D eigenvalue weighted by atomic mass is 9.96. The predicted octanol–water partition coefficient (Wildman–Crippen LogP) is 5.36. The monoisotopic (exact) mass is 420 g/mol. The Kier molecular flexibility index (Phi) is 6.03. The number of halogens is 1. The summed E-state index contributed by atoms with van der Waals surface area (Å²) < 4.78 is 1.13. The van der Waals surface area contributed by atoms with Gasteiger partial charge in [-0.2, -0.15) is 0 Å². The Labute approximate surface area is 170 Å². The lowest BCUT2D eigenvalue weighted by Crippen LogP contribution is -2.47. The molecule has 0 amide bonds. The highest BCUT2D eigenvalue weighted by atomic mass is 79.9. The van der Waals surface area contributed by atoms with E-state index in [2.05, 4.69) is 111 Å². The number of hydrogen-bond donors (Lipinski definition) is 0. The van der Waals surface area contributed by atoms with E-state index < -0.39 is 0 Å². The minimum absolute atomic E-state index is 0.318. The Morgan fingerprint density at radius 3 is 1.85 bits per heavy atom. The minimum atomic E-state index is 0.318. The molecule has 0 saturated carbocycles. The van der Waals surface area contributed by atoms with E-state index in [1.54, 1.807) is 0 Å². The molecule has 0 N–H and O–H groups in total. The zero-order valence-corrected chi connectivity index (χ0v) is 17.1. The first-order valence-electron chi connectivity index (χ1n) is 9.60. The molecule has 3 heteroatoms. The van der Waals surface area contributed by atoms with Crippen LogP contribution >= 0.6 is 15.9 Å². The molecule has 0 radical (unpaired) electrons. The first-order chi connectivity index (χ1) is 13.3. The van der Waals surface area contributed by atoms with E-state index in [4.69, 9.17) is 0 Å². The van der Waals surface area contributed by atoms with Crippen LogP contribution in [0, 0.1) is 0 Å². The largest absolute Gasteiger partial charge is 0.297 e. The summed E-state index contributed by atoms with van der Waals surface area (Å²) >= 11 is 3.57. The summed E-state index contributed by atoms with van der Waals surface area (Å²) in [5.41, 5.74) is 4.13. The van der Waals surface area contributed by atoms with Crippen LogP contribution in [0.5, 0.6) is 0 Å². The molecule has 3 aromatic rings. The van der Waals surface area contributed by atoms with Gasteiger partial charge in [-0.3, -0.25) is 9.80 Å². The van der Waals surface area contributed by atoms with Gasteiger partial charge < -0.3 is 0 Å². The molecule has 1 fully saturated rings. The van der Waals surface area contributed by atoms with Gasteiger partial charge in [0.05, 0.1) is 6.04 Å². The number of hydrogen-bond acceptors (Lipinski definition) is 2. The van der Waals surface area contributed by atoms with Crippen LogP contribution in [0.4, 0.5) is 0 Å². The molecule has 2 nitrogen and oxygen atoms in total. The Bertz CT molecular complexity index is 825. The topological polar surface area (TPSA) is 6.48 Å². The second-order valence-electron chi connectivity index (χ2n) is 7.16. The van der Waals surface area contributed by atoms with Crippen molar-refractivity contribution in [2.24, 2.45) is 0 Å². The highest BCUT2D eigenvalue weighted by molar-refractivity contribution is 9.10. The molecule has 1 aliphatic rings. The molecule has 0 spiro atoms. The molecule has 1 aliphatic heterocycles. The molecule has 0 bridgehead atoms. The number of benzene rings is 3. The Hall–Kier alpha value is -1.94. The van der Waals surface area contributed by atoms with E-state index in [1.165, 1.54) is 16.7 Å². The van der Waals surface area contributed by atoms with Gasteiger partial charge in [-0.15, -0.1) is 0 Å². The average Bonchev–Trinajstić information content (AvgIpc) is 2.73. The zero-order chi connectivity index (χ0) is 18.5. The molecule has 1 atom stereocenters. The normalized spacial score (nSPS) is 16.9. The lowest BCUT2D eigenvalue weighted by Gasteiger charge is -2.40. The minimum Gasteiger partial charge on any atom is -0.297 e. The molecule has 0 aliphatic carbocycles. The summed E-state index contributed by atoms with van der Waals surface area (Å²) in [6, 6.07) is 30.8. The van der Waals surface area contributed by atoms with E-state index >= 15 is 0 Å². The van der Waals surface area contributed by atoms with Crippen molar-refractivity contribution < 1.29 is 0 Å². The smallest absolute Gasteiger partial charge is 0.0602 e. The van der Waals surface area contributed by atoms with Crippen LogP contribution in [-0.2, 0) is 6.54 Å². The number of rotatable bonds is 5. The maximum atomic E-state index is 3.57. The van der Waals surface area contributed by atoms with E-state index in [-0.39, 0.29) is 0 Å². The molecule has 0 unspecified atom stereocenters. The van der Waals surface area contributed by atoms with E-state index in [1.807, 2.05) is 0 Å². The van der Waals surface area contributed by atoms with Crippen LogP contribution < -0.4 is 0 Å². The van der Waals surface area contributed by atoms with Gasteiger partial charge >= 0.3 is 0 Å². The third kappa shape index (κ3) is 4.67. The second kappa shape index (κ2) is 8.83. The predicted molar refractivity (Wildman–Crippen MR) is 116 cm³/mol.